The van der Waals surface area contributed by atoms with Crippen LogP contribution in [0.1, 0.15) is 58.2 Å². The summed E-state index contributed by atoms with van der Waals surface area (Å²) in [6.45, 7) is 15.8. The van der Waals surface area contributed by atoms with Crippen LogP contribution < -0.4 is 10.4 Å². The van der Waals surface area contributed by atoms with Crippen LogP contribution in [0.3, 0.4) is 0 Å². The standard InChI is InChI=1S/C21H25.C12H10Si.C10H9.Zr/c1-20(2,3)16-7-9-18-14(12-16)11-15-13-17(21(4,5)6)8-10-19(15)18;1-3-7-11(8-4-1)13-12-9-5-2-6-10-12;1-8-6-9-4-2-3-5-10(9)7-8;/h7-13H,1-6H3;1-10H;2-7H,1H3;/q-1;;-1;+2. The molecule has 0 radical (unpaired) electrons. The van der Waals surface area contributed by atoms with Gasteiger partial charge in [0.15, 0.2) is 0 Å². The topological polar surface area (TPSA) is 0 Å². The third-order valence-electron chi connectivity index (χ3n) is 8.32. The van der Waals surface area contributed by atoms with E-state index in [1.807, 2.05) is 0 Å². The molecule has 45 heavy (non-hydrogen) atoms. The van der Waals surface area contributed by atoms with Crippen LogP contribution in [0.15, 0.2) is 140 Å². The van der Waals surface area contributed by atoms with Crippen molar-refractivity contribution in [1.29, 1.82) is 0 Å². The van der Waals surface area contributed by atoms with Gasteiger partial charge in [0.1, 0.15) is 0 Å². The summed E-state index contributed by atoms with van der Waals surface area (Å²) in [5.41, 5.74) is 4.11. The van der Waals surface area contributed by atoms with E-state index >= 15 is 0 Å². The van der Waals surface area contributed by atoms with E-state index in [-0.39, 0.29) is 10.8 Å². The second-order valence-electron chi connectivity index (χ2n) is 14.0. The van der Waals surface area contributed by atoms with E-state index in [1.54, 1.807) is 23.3 Å². The summed E-state index contributed by atoms with van der Waals surface area (Å²) in [6, 6.07) is 50.7. The van der Waals surface area contributed by atoms with Crippen LogP contribution in [0, 0.1) is 6.92 Å². The van der Waals surface area contributed by atoms with E-state index in [0.717, 1.165) is 0 Å². The summed E-state index contributed by atoms with van der Waals surface area (Å²) in [5, 5.41) is 11.2. The summed E-state index contributed by atoms with van der Waals surface area (Å²) in [7, 11) is 0. The van der Waals surface area contributed by atoms with Crippen LogP contribution >= 0.6 is 0 Å². The summed E-state index contributed by atoms with van der Waals surface area (Å²) in [5.74, 6) is 0. The quantitative estimate of drug-likeness (QED) is 0.126. The van der Waals surface area contributed by atoms with Crippen molar-refractivity contribution in [2.75, 3.05) is 0 Å². The van der Waals surface area contributed by atoms with Crippen LogP contribution in [0.4, 0.5) is 0 Å². The third-order valence-corrected chi connectivity index (χ3v) is 14.4. The summed E-state index contributed by atoms with van der Waals surface area (Å²) in [6.07, 6.45) is 0. The van der Waals surface area contributed by atoms with E-state index in [4.69, 9.17) is 0 Å². The van der Waals surface area contributed by atoms with Crippen molar-refractivity contribution in [3.8, 4) is 0 Å². The van der Waals surface area contributed by atoms with Crippen molar-refractivity contribution in [3.05, 3.63) is 156 Å². The van der Waals surface area contributed by atoms with Gasteiger partial charge in [-0.15, -0.1) is 80.3 Å². The minimum atomic E-state index is -0.455. The van der Waals surface area contributed by atoms with Gasteiger partial charge in [-0.05, 0) is 10.8 Å². The summed E-state index contributed by atoms with van der Waals surface area (Å²) in [4.78, 5) is 0. The van der Waals surface area contributed by atoms with Gasteiger partial charge < -0.3 is 0 Å². The van der Waals surface area contributed by atoms with Crippen LogP contribution in [0.5, 0.6) is 0 Å². The zero-order valence-corrected chi connectivity index (χ0v) is 31.2. The van der Waals surface area contributed by atoms with Gasteiger partial charge in [0, 0.05) is 0 Å². The molecule has 0 N–H and O–H groups in total. The zero-order valence-electron chi connectivity index (χ0n) is 27.8. The molecule has 2 heteroatoms. The maximum absolute atomic E-state index is 2.35. The maximum atomic E-state index is 2.35. The molecule has 0 aliphatic rings. The fourth-order valence-corrected chi connectivity index (χ4v) is 9.48. The molecule has 0 nitrogen and oxygen atoms in total. The van der Waals surface area contributed by atoms with Crippen molar-refractivity contribution >= 4 is 48.1 Å². The Labute approximate surface area is 285 Å². The van der Waals surface area contributed by atoms with Gasteiger partial charge >= 0.3 is 99.8 Å². The molecule has 0 heterocycles. The molecule has 0 aliphatic heterocycles. The number of hydrogen-bond acceptors (Lipinski definition) is 0. The van der Waals surface area contributed by atoms with Crippen LogP contribution in [0.2, 0.25) is 0 Å². The first-order valence-electron chi connectivity index (χ1n) is 15.9. The van der Waals surface area contributed by atoms with Crippen LogP contribution in [-0.4, -0.2) is 5.43 Å². The van der Waals surface area contributed by atoms with Gasteiger partial charge in [-0.25, -0.2) is 0 Å². The van der Waals surface area contributed by atoms with Crippen LogP contribution in [-0.2, 0) is 34.2 Å². The predicted octanol–water partition coefficient (Wildman–Crippen LogP) is 10.5. The Morgan fingerprint density at radius 1 is 0.489 bits per heavy atom. The molecule has 0 amide bonds. The second kappa shape index (κ2) is 14.0. The SMILES string of the molecule is CC(C)(C)c1ccc2c(c1)[cH-]c1cc(C(C)(C)C)ccc12.Cc1cc2ccccc2[cH-]1.[Zr+2]=[Si](c1ccccc1)c1ccccc1. The van der Waals surface area contributed by atoms with E-state index in [9.17, 15) is 0 Å². The van der Waals surface area contributed by atoms with Gasteiger partial charge in [0.25, 0.3) is 0 Å². The average Bonchev–Trinajstić information content (AvgIpc) is 3.60. The van der Waals surface area contributed by atoms with Gasteiger partial charge in [0.05, 0.1) is 0 Å². The molecule has 0 aliphatic carbocycles. The first kappa shape index (κ1) is 33.1. The van der Waals surface area contributed by atoms with E-state index in [1.165, 1.54) is 59.4 Å². The molecule has 0 saturated heterocycles. The van der Waals surface area contributed by atoms with E-state index < -0.39 is 5.43 Å². The number of benzene rings is 5. The Kier molecular flexibility index (Phi) is 10.3. The molecule has 224 valence electrons. The number of aryl methyl sites for hydroxylation is 1. The number of hydrogen-bond donors (Lipinski definition) is 0. The van der Waals surface area contributed by atoms with Gasteiger partial charge in [-0.2, -0.15) is 6.07 Å². The molecule has 0 unspecified atom stereocenters. The number of rotatable bonds is 2. The first-order valence-corrected chi connectivity index (χ1v) is 21.0. The van der Waals surface area contributed by atoms with Crippen molar-refractivity contribution in [2.45, 2.75) is 59.3 Å². The van der Waals surface area contributed by atoms with Gasteiger partial charge in [-0.1, -0.05) is 89.9 Å². The Morgan fingerprint density at radius 2 is 0.933 bits per heavy atom. The molecule has 7 rings (SSSR count). The molecular weight excluding hydrogens is 636 g/mol. The monoisotopic (exact) mass is 678 g/mol. The third kappa shape index (κ3) is 8.29. The molecule has 0 atom stereocenters. The Morgan fingerprint density at radius 3 is 1.38 bits per heavy atom. The van der Waals surface area contributed by atoms with Crippen molar-refractivity contribution in [1.82, 2.24) is 0 Å². The van der Waals surface area contributed by atoms with Gasteiger partial charge in [0.2, 0.25) is 0 Å². The summed E-state index contributed by atoms with van der Waals surface area (Å²) >= 11 is 1.64. The number of fused-ring (bicyclic) bond motifs is 4. The molecule has 0 bridgehead atoms. The van der Waals surface area contributed by atoms with Crippen molar-refractivity contribution < 1.29 is 23.3 Å². The molecule has 7 aromatic rings. The van der Waals surface area contributed by atoms with Crippen molar-refractivity contribution in [2.24, 2.45) is 0 Å². The molecule has 0 spiro atoms. The second-order valence-corrected chi connectivity index (χ2v) is 19.6. The fraction of sp³-hybridized carbons (Fsp3) is 0.209. The fourth-order valence-electron chi connectivity index (χ4n) is 5.64. The Hall–Kier alpha value is -3.32. The predicted molar refractivity (Wildman–Crippen MR) is 197 cm³/mol. The van der Waals surface area contributed by atoms with Crippen molar-refractivity contribution in [3.63, 3.8) is 0 Å². The average molecular weight is 680 g/mol. The van der Waals surface area contributed by atoms with E-state index in [2.05, 4.69) is 188 Å². The molecule has 7 aromatic carbocycles. The zero-order chi connectivity index (χ0) is 32.2. The van der Waals surface area contributed by atoms with Crippen LogP contribution in [0.25, 0.3) is 32.3 Å². The molecule has 0 aromatic heterocycles. The normalized spacial score (nSPS) is 11.6. The van der Waals surface area contributed by atoms with Gasteiger partial charge in [-0.3, -0.25) is 0 Å². The Bertz CT molecular complexity index is 1880. The van der Waals surface area contributed by atoms with E-state index in [0.29, 0.717) is 0 Å². The molecule has 0 saturated carbocycles. The first-order chi connectivity index (χ1) is 21.4. The molecular formula is C43H44SiZr. The summed E-state index contributed by atoms with van der Waals surface area (Å²) < 4.78 is 0. The molecule has 0 fully saturated rings. The Balaban J connectivity index is 0.000000143. The minimum absolute atomic E-state index is 0.203.